The normalized spacial score (nSPS) is 11.5. The van der Waals surface area contributed by atoms with Gasteiger partial charge in [0.05, 0.1) is 13.1 Å². The average Bonchev–Trinajstić information content (AvgIpc) is 2.24. The molecule has 0 bridgehead atoms. The molecule has 0 saturated carbocycles. The monoisotopic (exact) mass is 234 g/mol. The highest BCUT2D eigenvalue weighted by Gasteiger charge is 2.13. The Bertz CT molecular complexity index is 280. The molecule has 0 rings (SSSR count). The van der Waals surface area contributed by atoms with E-state index in [1.165, 1.54) is 10.4 Å². The molecule has 0 radical (unpaired) electrons. The van der Waals surface area contributed by atoms with Gasteiger partial charge in [-0.2, -0.15) is 0 Å². The van der Waals surface area contributed by atoms with E-state index in [-0.39, 0.29) is 31.9 Å². The average molecular weight is 234 g/mol. The van der Waals surface area contributed by atoms with Gasteiger partial charge < -0.3 is 16.0 Å². The highest BCUT2D eigenvalue weighted by atomic mass is 16.5. The van der Waals surface area contributed by atoms with Crippen molar-refractivity contribution in [2.75, 3.05) is 19.6 Å². The topological polar surface area (TPSA) is 148 Å². The lowest BCUT2D eigenvalue weighted by Crippen LogP contribution is -2.40. The van der Waals surface area contributed by atoms with Crippen LogP contribution in [0.25, 0.3) is 0 Å². The maximum atomic E-state index is 10.8. The number of amidine groups is 1. The molecule has 0 spiro atoms. The Morgan fingerprint density at radius 2 is 2.00 bits per heavy atom. The minimum Gasteiger partial charge on any atom is -0.480 e. The second-order valence-electron chi connectivity index (χ2n) is 2.98. The number of aliphatic carboxylic acids is 1. The maximum Gasteiger partial charge on any atom is 0.317 e. The van der Waals surface area contributed by atoms with Crippen molar-refractivity contribution in [1.29, 1.82) is 0 Å². The lowest BCUT2D eigenvalue weighted by atomic mass is 10.3. The fourth-order valence-corrected chi connectivity index (χ4v) is 0.966. The predicted octanol–water partition coefficient (Wildman–Crippen LogP) is -1.99. The number of hydroxylamine groups is 1. The summed E-state index contributed by atoms with van der Waals surface area (Å²) in [5.41, 5.74) is 6.58. The van der Waals surface area contributed by atoms with Gasteiger partial charge in [0.25, 0.3) is 5.91 Å². The summed E-state index contributed by atoms with van der Waals surface area (Å²) in [6, 6.07) is 0. The Balaban J connectivity index is 4.20. The highest BCUT2D eigenvalue weighted by molar-refractivity contribution is 5.80. The Morgan fingerprint density at radius 3 is 2.44 bits per heavy atom. The summed E-state index contributed by atoms with van der Waals surface area (Å²) in [7, 11) is 0. The second-order valence-corrected chi connectivity index (χ2v) is 2.98. The molecule has 0 heterocycles. The van der Waals surface area contributed by atoms with E-state index in [0.717, 1.165) is 0 Å². The molecule has 0 atom stereocenters. The first kappa shape index (κ1) is 14.1. The van der Waals surface area contributed by atoms with Gasteiger partial charge in [-0.25, -0.2) is 5.48 Å². The third-order valence-electron chi connectivity index (χ3n) is 1.66. The van der Waals surface area contributed by atoms with E-state index < -0.39 is 11.9 Å². The number of nitrogens with zero attached hydrogens (tertiary/aromatic N) is 2. The quantitative estimate of drug-likeness (QED) is 0.113. The van der Waals surface area contributed by atoms with Crippen molar-refractivity contribution >= 4 is 17.7 Å². The lowest BCUT2D eigenvalue weighted by molar-refractivity contribution is -0.139. The molecule has 0 aliphatic carbocycles. The minimum absolute atomic E-state index is 0.0696. The molecule has 92 valence electrons. The van der Waals surface area contributed by atoms with Crippen LogP contribution in [0.2, 0.25) is 0 Å². The van der Waals surface area contributed by atoms with Gasteiger partial charge in [0.15, 0.2) is 0 Å². The van der Waals surface area contributed by atoms with Crippen molar-refractivity contribution in [3.63, 3.8) is 0 Å². The first-order valence-electron chi connectivity index (χ1n) is 4.33. The van der Waals surface area contributed by atoms with Crippen LogP contribution in [0.5, 0.6) is 0 Å². The molecule has 0 aromatic carbocycles. The molecule has 9 heteroatoms. The first-order valence-corrected chi connectivity index (χ1v) is 4.33. The van der Waals surface area contributed by atoms with E-state index in [1.54, 1.807) is 0 Å². The zero-order valence-electron chi connectivity index (χ0n) is 8.46. The van der Waals surface area contributed by atoms with Crippen LogP contribution >= 0.6 is 0 Å². The number of carbonyl (C=O) groups is 2. The van der Waals surface area contributed by atoms with Crippen LogP contribution < -0.4 is 11.2 Å². The molecular weight excluding hydrogens is 220 g/mol. The first-order chi connectivity index (χ1) is 7.49. The standard InChI is InChI=1S/C7H14N4O5/c8-5(9-15)1-2-11(4-7(13)14)3-6(12)10-16/h15-16H,1-4H2,(H2,8,9)(H,10,12)(H,13,14). The molecule has 0 aliphatic heterocycles. The van der Waals surface area contributed by atoms with Crippen LogP contribution in [0.1, 0.15) is 6.42 Å². The fraction of sp³-hybridized carbons (Fsp3) is 0.571. The van der Waals surface area contributed by atoms with Crippen LogP contribution in [0, 0.1) is 0 Å². The summed E-state index contributed by atoms with van der Waals surface area (Å²) >= 11 is 0. The second kappa shape index (κ2) is 7.43. The van der Waals surface area contributed by atoms with Gasteiger partial charge in [0.2, 0.25) is 0 Å². The third kappa shape index (κ3) is 6.56. The number of nitrogens with two attached hydrogens (primary N) is 1. The van der Waals surface area contributed by atoms with Crippen molar-refractivity contribution in [2.24, 2.45) is 10.9 Å². The number of carbonyl (C=O) groups excluding carboxylic acids is 1. The van der Waals surface area contributed by atoms with E-state index in [2.05, 4.69) is 5.16 Å². The highest BCUT2D eigenvalue weighted by Crippen LogP contribution is 1.92. The summed E-state index contributed by atoms with van der Waals surface area (Å²) in [4.78, 5) is 22.5. The Hall–Kier alpha value is -1.87. The Morgan fingerprint density at radius 1 is 1.38 bits per heavy atom. The molecule has 1 amide bonds. The summed E-state index contributed by atoms with van der Waals surface area (Å²) in [5, 5.41) is 27.8. The van der Waals surface area contributed by atoms with Crippen molar-refractivity contribution in [2.45, 2.75) is 6.42 Å². The van der Waals surface area contributed by atoms with Crippen LogP contribution in [-0.4, -0.2) is 57.8 Å². The van der Waals surface area contributed by atoms with Crippen LogP contribution in [0.4, 0.5) is 0 Å². The molecular formula is C7H14N4O5. The molecule has 6 N–H and O–H groups in total. The zero-order chi connectivity index (χ0) is 12.6. The van der Waals surface area contributed by atoms with Gasteiger partial charge in [0.1, 0.15) is 5.84 Å². The fourth-order valence-electron chi connectivity index (χ4n) is 0.966. The number of carboxylic acid groups (broad SMARTS) is 1. The third-order valence-corrected chi connectivity index (χ3v) is 1.66. The molecule has 0 fully saturated rings. The summed E-state index contributed by atoms with van der Waals surface area (Å²) in [6.45, 7) is -0.552. The number of rotatable bonds is 7. The molecule has 0 saturated heterocycles. The number of hydrogen-bond donors (Lipinski definition) is 5. The lowest BCUT2D eigenvalue weighted by Gasteiger charge is -2.18. The number of carboxylic acids is 1. The molecule has 0 aromatic heterocycles. The number of oxime groups is 1. The summed E-state index contributed by atoms with van der Waals surface area (Å²) in [5.74, 6) is -1.93. The van der Waals surface area contributed by atoms with Crippen LogP contribution in [0.3, 0.4) is 0 Å². The van der Waals surface area contributed by atoms with Gasteiger partial charge in [0, 0.05) is 13.0 Å². The minimum atomic E-state index is -1.12. The number of hydrogen-bond acceptors (Lipinski definition) is 6. The van der Waals surface area contributed by atoms with Gasteiger partial charge in [-0.15, -0.1) is 0 Å². The van der Waals surface area contributed by atoms with Crippen molar-refractivity contribution in [3.05, 3.63) is 0 Å². The van der Waals surface area contributed by atoms with E-state index in [9.17, 15) is 9.59 Å². The maximum absolute atomic E-state index is 10.8. The van der Waals surface area contributed by atoms with E-state index in [4.69, 9.17) is 21.3 Å². The molecule has 0 unspecified atom stereocenters. The van der Waals surface area contributed by atoms with Gasteiger partial charge in [-0.1, -0.05) is 5.16 Å². The molecule has 16 heavy (non-hydrogen) atoms. The summed E-state index contributed by atoms with van der Waals surface area (Å²) in [6.07, 6.45) is 0.114. The van der Waals surface area contributed by atoms with Crippen LogP contribution in [0.15, 0.2) is 5.16 Å². The zero-order valence-corrected chi connectivity index (χ0v) is 8.46. The van der Waals surface area contributed by atoms with Crippen molar-refractivity contribution < 1.29 is 25.1 Å². The number of nitrogens with one attached hydrogen (secondary N) is 1. The molecule has 9 nitrogen and oxygen atoms in total. The molecule has 0 aromatic rings. The van der Waals surface area contributed by atoms with Gasteiger partial charge >= 0.3 is 5.97 Å². The Labute approximate surface area is 91.1 Å². The van der Waals surface area contributed by atoms with Crippen molar-refractivity contribution in [3.8, 4) is 0 Å². The van der Waals surface area contributed by atoms with Gasteiger partial charge in [-0.3, -0.25) is 19.7 Å². The number of amides is 1. The molecule has 0 aliphatic rings. The van der Waals surface area contributed by atoms with Crippen molar-refractivity contribution in [1.82, 2.24) is 10.4 Å². The van der Waals surface area contributed by atoms with E-state index >= 15 is 0 Å². The smallest absolute Gasteiger partial charge is 0.317 e. The van der Waals surface area contributed by atoms with E-state index in [1.807, 2.05) is 0 Å². The van der Waals surface area contributed by atoms with Crippen LogP contribution in [-0.2, 0) is 9.59 Å². The summed E-state index contributed by atoms with van der Waals surface area (Å²) < 4.78 is 0. The van der Waals surface area contributed by atoms with E-state index in [0.29, 0.717) is 0 Å². The predicted molar refractivity (Wildman–Crippen MR) is 52.0 cm³/mol. The Kier molecular flexibility index (Phi) is 6.56. The SMILES string of the molecule is N/C(CCN(CC(=O)O)CC(=O)NO)=N\O. The van der Waals surface area contributed by atoms with Gasteiger partial charge in [-0.05, 0) is 0 Å². The largest absolute Gasteiger partial charge is 0.480 e.